The van der Waals surface area contributed by atoms with Gasteiger partial charge in [0.05, 0.1) is 0 Å². The Morgan fingerprint density at radius 3 is 2.86 bits per heavy atom. The molecule has 1 aromatic rings. The second kappa shape index (κ2) is 6.97. The Balaban J connectivity index is 1.83. The minimum absolute atomic E-state index is 0.806. The average molecular weight is 318 g/mol. The van der Waals surface area contributed by atoms with Crippen LogP contribution in [-0.2, 0) is 12.8 Å². The number of fused-ring (bicyclic) bond motifs is 1. The van der Waals surface area contributed by atoms with E-state index >= 15 is 0 Å². The molecule has 2 aliphatic rings. The van der Waals surface area contributed by atoms with Crippen LogP contribution in [0.4, 0.5) is 0 Å². The van der Waals surface area contributed by atoms with Crippen LogP contribution in [0.2, 0.25) is 0 Å². The molecule has 1 saturated heterocycles. The van der Waals surface area contributed by atoms with Gasteiger partial charge in [0.25, 0.3) is 0 Å². The fourth-order valence-corrected chi connectivity index (χ4v) is 5.12. The smallest absolute Gasteiger partial charge is 0.137 e. The number of rotatable bonds is 4. The molecule has 3 rings (SSSR count). The lowest BCUT2D eigenvalue weighted by Gasteiger charge is -2.34. The van der Waals surface area contributed by atoms with Crippen LogP contribution in [0, 0.1) is 12.8 Å². The zero-order chi connectivity index (χ0) is 15.5. The van der Waals surface area contributed by atoms with Gasteiger partial charge in [0.2, 0.25) is 0 Å². The average Bonchev–Trinajstić information content (AvgIpc) is 3.07. The topological polar surface area (TPSA) is 27.6 Å². The third-order valence-corrected chi connectivity index (χ3v) is 6.15. The zero-order valence-electron chi connectivity index (χ0n) is 13.8. The molecule has 2 heterocycles. The van der Waals surface area contributed by atoms with Crippen LogP contribution in [-0.4, -0.2) is 37.4 Å². The van der Waals surface area contributed by atoms with Crippen molar-refractivity contribution in [2.75, 3.05) is 26.7 Å². The fourth-order valence-electron chi connectivity index (χ4n) is 3.86. The highest BCUT2D eigenvalue weighted by molar-refractivity contribution is 7.12. The first-order chi connectivity index (χ1) is 10.7. The van der Waals surface area contributed by atoms with Gasteiger partial charge in [-0.05, 0) is 64.1 Å². The molecule has 0 radical (unpaired) electrons. The molecule has 0 unspecified atom stereocenters. The molecule has 0 atom stereocenters. The molecule has 0 saturated carbocycles. The van der Waals surface area contributed by atoms with Crippen LogP contribution in [0.15, 0.2) is 17.8 Å². The van der Waals surface area contributed by atoms with E-state index < -0.39 is 0 Å². The number of aryl methyl sites for hydroxylation is 2. The van der Waals surface area contributed by atoms with E-state index in [1.807, 2.05) is 11.3 Å². The summed E-state index contributed by atoms with van der Waals surface area (Å²) in [5.74, 6) is 1.98. The molecule has 1 fully saturated rings. The first kappa shape index (κ1) is 15.8. The quantitative estimate of drug-likeness (QED) is 0.681. The maximum Gasteiger partial charge on any atom is 0.137 e. The Bertz CT molecular complexity index is 565. The van der Waals surface area contributed by atoms with E-state index in [0.717, 1.165) is 25.6 Å². The summed E-state index contributed by atoms with van der Waals surface area (Å²) in [5, 5.41) is 3.31. The van der Waals surface area contributed by atoms with Gasteiger partial charge < -0.3 is 10.2 Å². The van der Waals surface area contributed by atoms with Gasteiger partial charge in [-0.1, -0.05) is 6.58 Å². The standard InChI is InChI=1S/C18H27N3S/c1-4-20-18(21-10-8-14(9-11-21)12-19-3)17-13(2)22-16-7-5-6-15(16)17/h4,14,19H,1,5-12H2,2-3H3. The van der Waals surface area contributed by atoms with Crippen LogP contribution in [0.3, 0.4) is 0 Å². The Morgan fingerprint density at radius 2 is 2.18 bits per heavy atom. The molecule has 3 nitrogen and oxygen atoms in total. The summed E-state index contributed by atoms with van der Waals surface area (Å²) in [7, 11) is 2.05. The summed E-state index contributed by atoms with van der Waals surface area (Å²) in [5.41, 5.74) is 2.99. The lowest BCUT2D eigenvalue weighted by atomic mass is 9.95. The molecule has 120 valence electrons. The normalized spacial score (nSPS) is 19.5. The van der Waals surface area contributed by atoms with Crippen molar-refractivity contribution in [3.8, 4) is 0 Å². The van der Waals surface area contributed by atoms with Crippen LogP contribution < -0.4 is 5.32 Å². The number of piperidine rings is 1. The fraction of sp³-hybridized carbons (Fsp3) is 0.611. The van der Waals surface area contributed by atoms with E-state index in [1.54, 1.807) is 16.6 Å². The molecule has 0 aromatic carbocycles. The first-order valence-electron chi connectivity index (χ1n) is 8.44. The third-order valence-electron chi connectivity index (χ3n) is 4.94. The lowest BCUT2D eigenvalue weighted by molar-refractivity contribution is 0.263. The minimum atomic E-state index is 0.806. The Kier molecular flexibility index (Phi) is 4.99. The van der Waals surface area contributed by atoms with E-state index in [4.69, 9.17) is 4.99 Å². The number of thiophene rings is 1. The summed E-state index contributed by atoms with van der Waals surface area (Å²) in [6, 6.07) is 0. The number of nitrogens with zero attached hydrogens (tertiary/aromatic N) is 2. The molecule has 1 N–H and O–H groups in total. The van der Waals surface area contributed by atoms with Crippen molar-refractivity contribution < 1.29 is 0 Å². The van der Waals surface area contributed by atoms with Gasteiger partial charge in [0.15, 0.2) is 0 Å². The Hall–Kier alpha value is -1.13. The summed E-state index contributed by atoms with van der Waals surface area (Å²) in [6.07, 6.45) is 8.01. The molecule has 4 heteroatoms. The number of likely N-dealkylation sites (tertiary alicyclic amines) is 1. The van der Waals surface area contributed by atoms with Gasteiger partial charge in [0.1, 0.15) is 5.84 Å². The van der Waals surface area contributed by atoms with Gasteiger partial charge >= 0.3 is 0 Å². The summed E-state index contributed by atoms with van der Waals surface area (Å²) < 4.78 is 0. The van der Waals surface area contributed by atoms with Gasteiger partial charge in [-0.15, -0.1) is 11.3 Å². The van der Waals surface area contributed by atoms with Gasteiger partial charge in [-0.25, -0.2) is 4.99 Å². The molecule has 0 amide bonds. The maximum absolute atomic E-state index is 4.70. The number of nitrogens with one attached hydrogen (secondary N) is 1. The van der Waals surface area contributed by atoms with Crippen LogP contribution in [0.1, 0.15) is 40.1 Å². The van der Waals surface area contributed by atoms with Crippen molar-refractivity contribution >= 4 is 17.2 Å². The van der Waals surface area contributed by atoms with Crippen LogP contribution in [0.25, 0.3) is 0 Å². The first-order valence-corrected chi connectivity index (χ1v) is 9.26. The second-order valence-corrected chi connectivity index (χ2v) is 7.72. The molecular weight excluding hydrogens is 290 g/mol. The van der Waals surface area contributed by atoms with E-state index in [0.29, 0.717) is 0 Å². The van der Waals surface area contributed by atoms with Crippen molar-refractivity contribution in [3.05, 3.63) is 33.7 Å². The van der Waals surface area contributed by atoms with Gasteiger partial charge in [0, 0.05) is 34.6 Å². The van der Waals surface area contributed by atoms with Crippen LogP contribution in [0.5, 0.6) is 0 Å². The van der Waals surface area contributed by atoms with Gasteiger partial charge in [-0.2, -0.15) is 0 Å². The summed E-state index contributed by atoms with van der Waals surface area (Å²) >= 11 is 1.98. The maximum atomic E-state index is 4.70. The molecule has 1 aliphatic heterocycles. The highest BCUT2D eigenvalue weighted by Gasteiger charge is 2.28. The van der Waals surface area contributed by atoms with Crippen molar-refractivity contribution in [2.24, 2.45) is 10.9 Å². The lowest BCUT2D eigenvalue weighted by Crippen LogP contribution is -2.41. The van der Waals surface area contributed by atoms with Crippen molar-refractivity contribution in [2.45, 2.75) is 39.0 Å². The number of aliphatic imine (C=N–C) groups is 1. The molecular formula is C18H27N3S. The van der Waals surface area contributed by atoms with Crippen molar-refractivity contribution in [3.63, 3.8) is 0 Å². The Labute approximate surface area is 138 Å². The zero-order valence-corrected chi connectivity index (χ0v) is 14.6. The van der Waals surface area contributed by atoms with E-state index in [2.05, 4.69) is 30.8 Å². The summed E-state index contributed by atoms with van der Waals surface area (Å²) in [6.45, 7) is 9.47. The van der Waals surface area contributed by atoms with Crippen molar-refractivity contribution in [1.82, 2.24) is 10.2 Å². The summed E-state index contributed by atoms with van der Waals surface area (Å²) in [4.78, 5) is 10.2. The van der Waals surface area contributed by atoms with Crippen LogP contribution >= 0.6 is 11.3 Å². The van der Waals surface area contributed by atoms with Gasteiger partial charge in [-0.3, -0.25) is 0 Å². The van der Waals surface area contributed by atoms with E-state index in [9.17, 15) is 0 Å². The molecule has 0 bridgehead atoms. The number of hydrogen-bond acceptors (Lipinski definition) is 3. The largest absolute Gasteiger partial charge is 0.356 e. The highest BCUT2D eigenvalue weighted by Crippen LogP contribution is 2.36. The number of amidine groups is 1. The molecule has 1 aromatic heterocycles. The minimum Gasteiger partial charge on any atom is -0.356 e. The molecule has 1 aliphatic carbocycles. The predicted molar refractivity (Wildman–Crippen MR) is 96.0 cm³/mol. The second-order valence-electron chi connectivity index (χ2n) is 6.41. The Morgan fingerprint density at radius 1 is 1.41 bits per heavy atom. The molecule has 22 heavy (non-hydrogen) atoms. The monoisotopic (exact) mass is 317 g/mol. The predicted octanol–water partition coefficient (Wildman–Crippen LogP) is 3.37. The third kappa shape index (κ3) is 2.99. The highest BCUT2D eigenvalue weighted by atomic mass is 32.1. The van der Waals surface area contributed by atoms with E-state index in [1.165, 1.54) is 48.4 Å². The van der Waals surface area contributed by atoms with E-state index in [-0.39, 0.29) is 0 Å². The number of hydrogen-bond donors (Lipinski definition) is 1. The molecule has 0 spiro atoms. The van der Waals surface area contributed by atoms with Crippen molar-refractivity contribution in [1.29, 1.82) is 0 Å². The SMILES string of the molecule is C=CN=C(c1c(C)sc2c1CCC2)N1CCC(CNC)CC1.